The average molecular weight is 322 g/mol. The van der Waals surface area contributed by atoms with Crippen molar-refractivity contribution >= 4 is 24.5 Å². The van der Waals surface area contributed by atoms with E-state index < -0.39 is 29.4 Å². The molecule has 0 saturated heterocycles. The summed E-state index contributed by atoms with van der Waals surface area (Å²) >= 11 is 4.01. The molecule has 1 heterocycles. The Morgan fingerprint density at radius 3 is 2.68 bits per heavy atom. The number of carbonyl (C=O) groups is 2. The van der Waals surface area contributed by atoms with Crippen LogP contribution in [0.4, 0.5) is 0 Å². The van der Waals surface area contributed by atoms with Gasteiger partial charge in [-0.15, -0.1) is 0 Å². The van der Waals surface area contributed by atoms with Crippen LogP contribution in [0.15, 0.2) is 12.1 Å². The number of esters is 1. The Kier molecular flexibility index (Phi) is 4.54. The van der Waals surface area contributed by atoms with Crippen molar-refractivity contribution in [2.45, 2.75) is 45.2 Å². The van der Waals surface area contributed by atoms with Crippen LogP contribution in [0, 0.1) is 13.8 Å². The maximum atomic E-state index is 12.3. The van der Waals surface area contributed by atoms with Crippen LogP contribution in [0.5, 0.6) is 5.75 Å². The fourth-order valence-electron chi connectivity index (χ4n) is 3.01. The van der Waals surface area contributed by atoms with Gasteiger partial charge in [0.2, 0.25) is 5.91 Å². The van der Waals surface area contributed by atoms with Crippen molar-refractivity contribution in [2.24, 2.45) is 5.73 Å². The van der Waals surface area contributed by atoms with Gasteiger partial charge < -0.3 is 15.8 Å². The summed E-state index contributed by atoms with van der Waals surface area (Å²) in [7, 11) is 0. The fraction of sp³-hybridized carbons (Fsp3) is 0.500. The molecule has 0 unspecified atom stereocenters. The molecule has 1 aromatic carbocycles. The van der Waals surface area contributed by atoms with E-state index in [1.807, 2.05) is 39.8 Å². The third kappa shape index (κ3) is 2.85. The van der Waals surface area contributed by atoms with Crippen LogP contribution >= 0.6 is 12.6 Å². The van der Waals surface area contributed by atoms with Crippen molar-refractivity contribution in [2.75, 3.05) is 5.75 Å². The summed E-state index contributed by atoms with van der Waals surface area (Å²) in [6.07, 6.45) is 0. The third-order valence-corrected chi connectivity index (χ3v) is 4.47. The zero-order valence-electron chi connectivity index (χ0n) is 13.3. The lowest BCUT2D eigenvalue weighted by atomic mass is 9.73. The molecule has 0 radical (unpaired) electrons. The molecular formula is C16H22N2O3S. The van der Waals surface area contributed by atoms with E-state index >= 15 is 0 Å². The van der Waals surface area contributed by atoms with E-state index in [1.165, 1.54) is 0 Å². The third-order valence-electron chi connectivity index (χ3n) is 4.08. The van der Waals surface area contributed by atoms with E-state index in [1.54, 1.807) is 0 Å². The molecular weight excluding hydrogens is 300 g/mol. The minimum absolute atomic E-state index is 0.211. The van der Waals surface area contributed by atoms with Crippen molar-refractivity contribution in [1.29, 1.82) is 0 Å². The van der Waals surface area contributed by atoms with Crippen LogP contribution < -0.4 is 15.8 Å². The maximum absolute atomic E-state index is 12.3. The van der Waals surface area contributed by atoms with E-state index in [0.29, 0.717) is 5.75 Å². The van der Waals surface area contributed by atoms with Gasteiger partial charge in [0.05, 0.1) is 6.04 Å². The van der Waals surface area contributed by atoms with Crippen LogP contribution in [0.25, 0.3) is 0 Å². The maximum Gasteiger partial charge on any atom is 0.334 e. The number of hydrogen-bond donors (Lipinski definition) is 3. The lowest BCUT2D eigenvalue weighted by Crippen LogP contribution is -2.59. The molecule has 3 N–H and O–H groups in total. The predicted octanol–water partition coefficient (Wildman–Crippen LogP) is 1.24. The number of hydrogen-bond acceptors (Lipinski definition) is 5. The molecule has 0 spiro atoms. The van der Waals surface area contributed by atoms with E-state index in [9.17, 15) is 9.59 Å². The zero-order valence-corrected chi connectivity index (χ0v) is 14.2. The summed E-state index contributed by atoms with van der Waals surface area (Å²) in [5.74, 6) is -0.0972. The molecule has 1 aliphatic rings. The molecule has 0 fully saturated rings. The molecule has 0 aromatic heterocycles. The summed E-state index contributed by atoms with van der Waals surface area (Å²) in [5.41, 5.74) is 8.08. The molecule has 0 bridgehead atoms. The molecule has 0 saturated carbocycles. The van der Waals surface area contributed by atoms with Gasteiger partial charge in [0.25, 0.3) is 0 Å². The number of nitrogens with one attached hydrogen (secondary N) is 1. The lowest BCUT2D eigenvalue weighted by molar-refractivity contribution is -0.143. The monoisotopic (exact) mass is 322 g/mol. The van der Waals surface area contributed by atoms with Gasteiger partial charge in [-0.1, -0.05) is 19.9 Å². The molecule has 120 valence electrons. The SMILES string of the molecule is Cc1cc(C)c2c(c1)OC(=O)[C@@H](NC(=O)[C@@H](N)CS)C2(C)C. The molecule has 22 heavy (non-hydrogen) atoms. The zero-order chi connectivity index (χ0) is 16.7. The number of benzene rings is 1. The van der Waals surface area contributed by atoms with E-state index in [4.69, 9.17) is 10.5 Å². The number of rotatable bonds is 3. The average Bonchev–Trinajstić information content (AvgIpc) is 2.40. The summed E-state index contributed by atoms with van der Waals surface area (Å²) in [4.78, 5) is 24.4. The Morgan fingerprint density at radius 2 is 2.09 bits per heavy atom. The normalized spacial score (nSPS) is 20.8. The molecule has 1 aromatic rings. The summed E-state index contributed by atoms with van der Waals surface area (Å²) < 4.78 is 5.44. The number of nitrogens with two attached hydrogens (primary N) is 1. The molecule has 1 aliphatic heterocycles. The van der Waals surface area contributed by atoms with Gasteiger partial charge >= 0.3 is 5.97 Å². The van der Waals surface area contributed by atoms with Gasteiger partial charge in [-0.3, -0.25) is 4.79 Å². The molecule has 1 amide bonds. The Bertz CT molecular complexity index is 628. The summed E-state index contributed by atoms with van der Waals surface area (Å²) in [6, 6.07) is 2.35. The molecule has 5 nitrogen and oxygen atoms in total. The number of carbonyl (C=O) groups excluding carboxylic acids is 2. The lowest BCUT2D eigenvalue weighted by Gasteiger charge is -2.40. The molecule has 2 rings (SSSR count). The molecule has 6 heteroatoms. The van der Waals surface area contributed by atoms with Gasteiger partial charge in [0.1, 0.15) is 11.8 Å². The van der Waals surface area contributed by atoms with Crippen LogP contribution in [-0.4, -0.2) is 29.7 Å². The first-order valence-electron chi connectivity index (χ1n) is 7.18. The van der Waals surface area contributed by atoms with Crippen LogP contribution in [-0.2, 0) is 15.0 Å². The van der Waals surface area contributed by atoms with Gasteiger partial charge in [-0.2, -0.15) is 12.6 Å². The second-order valence-corrected chi connectivity index (χ2v) is 6.69. The highest BCUT2D eigenvalue weighted by Gasteiger charge is 2.46. The quantitative estimate of drug-likeness (QED) is 0.444. The van der Waals surface area contributed by atoms with Crippen molar-refractivity contribution in [3.05, 3.63) is 28.8 Å². The van der Waals surface area contributed by atoms with Crippen LogP contribution in [0.3, 0.4) is 0 Å². The van der Waals surface area contributed by atoms with E-state index in [2.05, 4.69) is 17.9 Å². The fourth-order valence-corrected chi connectivity index (χ4v) is 3.18. The first-order valence-corrected chi connectivity index (χ1v) is 7.82. The number of fused-ring (bicyclic) bond motifs is 1. The molecule has 2 atom stereocenters. The highest BCUT2D eigenvalue weighted by Crippen LogP contribution is 2.41. The Labute approximate surface area is 136 Å². The largest absolute Gasteiger partial charge is 0.425 e. The van der Waals surface area contributed by atoms with E-state index in [-0.39, 0.29) is 5.75 Å². The van der Waals surface area contributed by atoms with Gasteiger partial charge in [-0.25, -0.2) is 4.79 Å². The Morgan fingerprint density at radius 1 is 1.45 bits per heavy atom. The number of amides is 1. The number of ether oxygens (including phenoxy) is 1. The van der Waals surface area contributed by atoms with Crippen LogP contribution in [0.1, 0.15) is 30.5 Å². The topological polar surface area (TPSA) is 81.4 Å². The van der Waals surface area contributed by atoms with Crippen LogP contribution in [0.2, 0.25) is 0 Å². The van der Waals surface area contributed by atoms with Gasteiger partial charge in [-0.05, 0) is 31.0 Å². The Balaban J connectivity index is 2.42. The second-order valence-electron chi connectivity index (χ2n) is 6.33. The summed E-state index contributed by atoms with van der Waals surface area (Å²) in [6.45, 7) is 7.77. The summed E-state index contributed by atoms with van der Waals surface area (Å²) in [5, 5.41) is 2.70. The number of thiol groups is 1. The standard InChI is InChI=1S/C16H22N2O3S/c1-8-5-9(2)12-11(6-8)21-15(20)13(16(12,3)4)18-14(19)10(17)7-22/h5-6,10,13,22H,7,17H2,1-4H3,(H,18,19)/t10-,13+/m0/s1. The number of aryl methyl sites for hydroxylation is 2. The smallest absolute Gasteiger partial charge is 0.334 e. The highest BCUT2D eigenvalue weighted by atomic mass is 32.1. The first-order chi connectivity index (χ1) is 10.2. The van der Waals surface area contributed by atoms with Gasteiger partial charge in [0.15, 0.2) is 0 Å². The van der Waals surface area contributed by atoms with Gasteiger partial charge in [0, 0.05) is 16.7 Å². The van der Waals surface area contributed by atoms with Crippen molar-refractivity contribution in [3.63, 3.8) is 0 Å². The minimum Gasteiger partial charge on any atom is -0.425 e. The Hall–Kier alpha value is -1.53. The second kappa shape index (κ2) is 5.93. The molecule has 0 aliphatic carbocycles. The highest BCUT2D eigenvalue weighted by molar-refractivity contribution is 7.80. The van der Waals surface area contributed by atoms with Crippen molar-refractivity contribution in [1.82, 2.24) is 5.32 Å². The van der Waals surface area contributed by atoms with Crippen molar-refractivity contribution < 1.29 is 14.3 Å². The van der Waals surface area contributed by atoms with E-state index in [0.717, 1.165) is 16.7 Å². The van der Waals surface area contributed by atoms with Crippen molar-refractivity contribution in [3.8, 4) is 5.75 Å². The predicted molar refractivity (Wildman–Crippen MR) is 88.3 cm³/mol. The first kappa shape index (κ1) is 16.8. The minimum atomic E-state index is -0.778.